The fourth-order valence-corrected chi connectivity index (χ4v) is 5.51. The molecule has 9 nitrogen and oxygen atoms in total. The van der Waals surface area contributed by atoms with Gasteiger partial charge in [0.05, 0.1) is 37.1 Å². The number of hydrogen-bond acceptors (Lipinski definition) is 7. The zero-order chi connectivity index (χ0) is 26.1. The van der Waals surface area contributed by atoms with Crippen molar-refractivity contribution in [2.24, 2.45) is 7.05 Å². The highest BCUT2D eigenvalue weighted by atomic mass is 19.1. The fourth-order valence-electron chi connectivity index (χ4n) is 5.51. The number of ether oxygens (including phenoxy) is 2. The molecule has 2 saturated heterocycles. The van der Waals surface area contributed by atoms with Gasteiger partial charge in [-0.15, -0.1) is 10.2 Å². The molecule has 0 amide bonds. The predicted molar refractivity (Wildman–Crippen MR) is 143 cm³/mol. The number of likely N-dealkylation sites (tertiary alicyclic amines) is 1. The number of piperidine rings is 1. The molecule has 0 radical (unpaired) electrons. The lowest BCUT2D eigenvalue weighted by molar-refractivity contribution is 0.0593. The van der Waals surface area contributed by atoms with E-state index in [1.165, 1.54) is 0 Å². The third-order valence-corrected chi connectivity index (χ3v) is 7.75. The third-order valence-electron chi connectivity index (χ3n) is 7.75. The SMILES string of the molecule is Cn1c(=O)n([C@H]2CCCOC2)c2c3cc(-c4ccc(COCCN5CCC(F)CC5)nc4)ccc3nnc21. The normalized spacial score (nSPS) is 19.5. The van der Waals surface area contributed by atoms with Crippen LogP contribution in [0.2, 0.25) is 0 Å². The minimum atomic E-state index is -0.652. The molecule has 0 unspecified atom stereocenters. The number of fused-ring (bicyclic) bond motifs is 3. The largest absolute Gasteiger partial charge is 0.379 e. The van der Waals surface area contributed by atoms with Gasteiger partial charge in [-0.3, -0.25) is 14.1 Å². The predicted octanol–water partition coefficient (Wildman–Crippen LogP) is 3.65. The molecule has 200 valence electrons. The summed E-state index contributed by atoms with van der Waals surface area (Å²) in [6, 6.07) is 10.0. The molecule has 0 aliphatic carbocycles. The van der Waals surface area contributed by atoms with E-state index in [1.54, 1.807) is 11.6 Å². The van der Waals surface area contributed by atoms with Gasteiger partial charge in [0.2, 0.25) is 0 Å². The van der Waals surface area contributed by atoms with Crippen molar-refractivity contribution in [2.75, 3.05) is 39.5 Å². The highest BCUT2D eigenvalue weighted by molar-refractivity contribution is 6.02. The van der Waals surface area contributed by atoms with Crippen molar-refractivity contribution < 1.29 is 13.9 Å². The van der Waals surface area contributed by atoms with Crippen LogP contribution in [-0.2, 0) is 23.1 Å². The zero-order valence-electron chi connectivity index (χ0n) is 21.7. The number of hydrogen-bond donors (Lipinski definition) is 0. The van der Waals surface area contributed by atoms with Gasteiger partial charge in [-0.05, 0) is 49.4 Å². The van der Waals surface area contributed by atoms with Gasteiger partial charge in [0.1, 0.15) is 11.7 Å². The van der Waals surface area contributed by atoms with Crippen molar-refractivity contribution in [3.05, 3.63) is 52.7 Å². The third kappa shape index (κ3) is 4.95. The summed E-state index contributed by atoms with van der Waals surface area (Å²) >= 11 is 0. The van der Waals surface area contributed by atoms with Crippen molar-refractivity contribution in [2.45, 2.75) is 44.5 Å². The Bertz CT molecular complexity index is 1470. The number of nitrogens with zero attached hydrogens (tertiary/aromatic N) is 6. The Morgan fingerprint density at radius 1 is 1.11 bits per heavy atom. The van der Waals surface area contributed by atoms with E-state index in [4.69, 9.17) is 9.47 Å². The lowest BCUT2D eigenvalue weighted by atomic mass is 10.0. The lowest BCUT2D eigenvalue weighted by Gasteiger charge is -2.28. The molecule has 3 aromatic heterocycles. The molecule has 2 aliphatic heterocycles. The smallest absolute Gasteiger partial charge is 0.330 e. The first-order valence-corrected chi connectivity index (χ1v) is 13.4. The number of aromatic nitrogens is 5. The summed E-state index contributed by atoms with van der Waals surface area (Å²) in [6.45, 7) is 4.71. The van der Waals surface area contributed by atoms with E-state index in [0.717, 1.165) is 72.3 Å². The van der Waals surface area contributed by atoms with Crippen molar-refractivity contribution in [1.29, 1.82) is 0 Å². The Balaban J connectivity index is 1.21. The molecule has 0 saturated carbocycles. The molecule has 0 N–H and O–H groups in total. The highest BCUT2D eigenvalue weighted by Crippen LogP contribution is 2.30. The van der Waals surface area contributed by atoms with Crippen molar-refractivity contribution in [1.82, 2.24) is 29.2 Å². The molecule has 2 fully saturated rings. The van der Waals surface area contributed by atoms with Crippen LogP contribution < -0.4 is 5.69 Å². The van der Waals surface area contributed by atoms with E-state index in [9.17, 15) is 9.18 Å². The topological polar surface area (TPSA) is 87.3 Å². The van der Waals surface area contributed by atoms with Crippen LogP contribution in [0.25, 0.3) is 33.2 Å². The van der Waals surface area contributed by atoms with E-state index in [0.29, 0.717) is 38.3 Å². The Kier molecular flexibility index (Phi) is 7.18. The molecule has 1 atom stereocenters. The highest BCUT2D eigenvalue weighted by Gasteiger charge is 2.24. The number of pyridine rings is 1. The minimum absolute atomic E-state index is 0.0209. The lowest BCUT2D eigenvalue weighted by Crippen LogP contribution is -2.36. The van der Waals surface area contributed by atoms with Crippen LogP contribution in [-0.4, -0.2) is 74.8 Å². The Morgan fingerprint density at radius 2 is 1.95 bits per heavy atom. The Labute approximate surface area is 220 Å². The van der Waals surface area contributed by atoms with Crippen molar-refractivity contribution >= 4 is 22.1 Å². The van der Waals surface area contributed by atoms with Crippen LogP contribution in [0, 0.1) is 0 Å². The number of imidazole rings is 1. The van der Waals surface area contributed by atoms with Crippen LogP contribution in [0.3, 0.4) is 0 Å². The summed E-state index contributed by atoms with van der Waals surface area (Å²) in [5, 5.41) is 9.65. The summed E-state index contributed by atoms with van der Waals surface area (Å²) in [5.74, 6) is 0. The van der Waals surface area contributed by atoms with Gasteiger partial charge in [0.25, 0.3) is 0 Å². The number of alkyl halides is 1. The zero-order valence-corrected chi connectivity index (χ0v) is 21.7. The number of rotatable bonds is 7. The number of benzene rings is 1. The van der Waals surface area contributed by atoms with Crippen molar-refractivity contribution in [3.8, 4) is 11.1 Å². The number of aryl methyl sites for hydroxylation is 1. The summed E-state index contributed by atoms with van der Waals surface area (Å²) in [6.07, 6.45) is 4.26. The van der Waals surface area contributed by atoms with E-state index in [2.05, 4.69) is 26.1 Å². The van der Waals surface area contributed by atoms with E-state index >= 15 is 0 Å². The maximum atomic E-state index is 13.3. The average molecular weight is 521 g/mol. The summed E-state index contributed by atoms with van der Waals surface area (Å²) < 4.78 is 28.2. The maximum absolute atomic E-state index is 13.3. The summed E-state index contributed by atoms with van der Waals surface area (Å²) in [7, 11) is 1.74. The molecule has 1 aromatic carbocycles. The molecular weight excluding hydrogens is 487 g/mol. The second-order valence-electron chi connectivity index (χ2n) is 10.3. The second kappa shape index (κ2) is 10.9. The fraction of sp³-hybridized carbons (Fsp3) is 0.500. The van der Waals surface area contributed by atoms with Gasteiger partial charge in [-0.2, -0.15) is 0 Å². The van der Waals surface area contributed by atoms with Crippen LogP contribution >= 0.6 is 0 Å². The van der Waals surface area contributed by atoms with E-state index < -0.39 is 6.17 Å². The molecule has 0 spiro atoms. The standard InChI is InChI=1S/C28H33FN6O3/c1-33-27-26(35(28(33)36)23-3-2-13-37-18-23)24-15-19(5-7-25(24)31-32-27)20-4-6-22(30-16-20)17-38-14-12-34-10-8-21(29)9-11-34/h4-7,15-16,21,23H,2-3,8-14,17-18H2,1H3/t23-/m0/s1. The van der Waals surface area contributed by atoms with Gasteiger partial charge in [0, 0.05) is 50.4 Å². The Morgan fingerprint density at radius 3 is 2.71 bits per heavy atom. The van der Waals surface area contributed by atoms with Crippen LogP contribution in [0.5, 0.6) is 0 Å². The maximum Gasteiger partial charge on any atom is 0.330 e. The minimum Gasteiger partial charge on any atom is -0.379 e. The summed E-state index contributed by atoms with van der Waals surface area (Å²) in [5.41, 5.74) is 4.84. The second-order valence-corrected chi connectivity index (χ2v) is 10.3. The molecule has 2 aliphatic rings. The average Bonchev–Trinajstić information content (AvgIpc) is 3.22. The molecule has 38 heavy (non-hydrogen) atoms. The first kappa shape index (κ1) is 25.1. The van der Waals surface area contributed by atoms with E-state index in [1.807, 2.05) is 35.0 Å². The Hall–Kier alpha value is -3.21. The molecule has 0 bridgehead atoms. The van der Waals surface area contributed by atoms with Gasteiger partial charge < -0.3 is 14.4 Å². The van der Waals surface area contributed by atoms with Crippen LogP contribution in [0.15, 0.2) is 41.3 Å². The van der Waals surface area contributed by atoms with Gasteiger partial charge >= 0.3 is 5.69 Å². The van der Waals surface area contributed by atoms with Crippen LogP contribution in [0.4, 0.5) is 4.39 Å². The van der Waals surface area contributed by atoms with Crippen LogP contribution in [0.1, 0.15) is 37.4 Å². The molecule has 6 rings (SSSR count). The monoisotopic (exact) mass is 520 g/mol. The first-order valence-electron chi connectivity index (χ1n) is 13.4. The van der Waals surface area contributed by atoms with E-state index in [-0.39, 0.29) is 11.7 Å². The molecule has 5 heterocycles. The van der Waals surface area contributed by atoms with Gasteiger partial charge in [0.15, 0.2) is 5.65 Å². The molecule has 10 heteroatoms. The quantitative estimate of drug-likeness (QED) is 0.344. The van der Waals surface area contributed by atoms with Gasteiger partial charge in [-0.25, -0.2) is 9.18 Å². The first-order chi connectivity index (χ1) is 18.6. The molecule has 4 aromatic rings. The molecular formula is C28H33FN6O3. The number of halogens is 1. The van der Waals surface area contributed by atoms with Gasteiger partial charge in [-0.1, -0.05) is 12.1 Å². The summed E-state index contributed by atoms with van der Waals surface area (Å²) in [4.78, 5) is 20.1. The van der Waals surface area contributed by atoms with Crippen molar-refractivity contribution in [3.63, 3.8) is 0 Å².